The molecule has 36 heavy (non-hydrogen) atoms. The Bertz CT molecular complexity index is 1200. The highest BCUT2D eigenvalue weighted by atomic mass is 15.5. The molecule has 0 amide bonds. The molecule has 2 saturated heterocycles. The maximum absolute atomic E-state index is 4.18. The fraction of sp³-hybridized carbons (Fsp3) is 0.429. The van der Waals surface area contributed by atoms with Crippen LogP contribution in [0.4, 0.5) is 0 Å². The maximum Gasteiger partial charge on any atom is 0.0796 e. The van der Waals surface area contributed by atoms with E-state index >= 15 is 0 Å². The Morgan fingerprint density at radius 1 is 0.750 bits per heavy atom. The molecular weight excluding hydrogens is 448 g/mol. The summed E-state index contributed by atoms with van der Waals surface area (Å²) in [6.07, 6.45) is 6.20. The van der Waals surface area contributed by atoms with Gasteiger partial charge in [0.05, 0.1) is 29.7 Å². The van der Waals surface area contributed by atoms with Crippen LogP contribution in [0.25, 0.3) is 0 Å². The second-order valence-corrected chi connectivity index (χ2v) is 9.99. The van der Waals surface area contributed by atoms with Crippen molar-refractivity contribution in [3.05, 3.63) is 95.6 Å². The summed E-state index contributed by atoms with van der Waals surface area (Å²) in [5, 5.41) is 16.4. The topological polar surface area (TPSA) is 67.9 Å². The van der Waals surface area contributed by atoms with Crippen molar-refractivity contribution in [3.8, 4) is 0 Å². The van der Waals surface area contributed by atoms with Gasteiger partial charge in [0.25, 0.3) is 0 Å². The number of benzene rings is 2. The molecule has 2 atom stereocenters. The molecule has 188 valence electrons. The van der Waals surface area contributed by atoms with Crippen LogP contribution in [-0.4, -0.2) is 66.0 Å². The molecule has 4 aromatic rings. The van der Waals surface area contributed by atoms with Gasteiger partial charge in [-0.25, -0.2) is 9.36 Å². The Morgan fingerprint density at radius 2 is 1.33 bits per heavy atom. The van der Waals surface area contributed by atoms with E-state index < -0.39 is 0 Å². The zero-order valence-corrected chi connectivity index (χ0v) is 21.3. The molecule has 2 aromatic carbocycles. The number of hydrogen-bond donors (Lipinski definition) is 0. The summed E-state index contributed by atoms with van der Waals surface area (Å²) in [5.41, 5.74) is 4.92. The monoisotopic (exact) mass is 484 g/mol. The minimum atomic E-state index is 0.481. The molecule has 6 rings (SSSR count). The molecule has 0 aliphatic carbocycles. The number of nitrogens with zero attached hydrogens (tertiary/aromatic N) is 8. The van der Waals surface area contributed by atoms with Gasteiger partial charge in [0.15, 0.2) is 0 Å². The Hall–Kier alpha value is -3.36. The first-order chi connectivity index (χ1) is 17.6. The molecular formula is C28H36N8. The van der Waals surface area contributed by atoms with E-state index in [4.69, 9.17) is 0 Å². The highest BCUT2D eigenvalue weighted by Crippen LogP contribution is 2.24. The van der Waals surface area contributed by atoms with Gasteiger partial charge >= 0.3 is 0 Å². The number of aromatic nitrogens is 6. The van der Waals surface area contributed by atoms with Gasteiger partial charge in [-0.1, -0.05) is 71.1 Å². The van der Waals surface area contributed by atoms with Gasteiger partial charge < -0.3 is 0 Å². The van der Waals surface area contributed by atoms with Crippen molar-refractivity contribution in [1.29, 1.82) is 0 Å². The first-order valence-electron chi connectivity index (χ1n) is 12.9. The molecule has 8 heteroatoms. The van der Waals surface area contributed by atoms with Gasteiger partial charge in [0.1, 0.15) is 0 Å². The zero-order valence-electron chi connectivity index (χ0n) is 21.3. The summed E-state index contributed by atoms with van der Waals surface area (Å²) in [7, 11) is 0. The molecule has 8 nitrogen and oxygen atoms in total. The second-order valence-electron chi connectivity index (χ2n) is 9.99. The molecule has 2 unspecified atom stereocenters. The van der Waals surface area contributed by atoms with Crippen molar-refractivity contribution in [1.82, 2.24) is 39.8 Å². The standard InChI is InChI=1S/2C14H18N4/c1-12-9-18(16-15-12)14-7-8-17(11-14)10-13-5-3-2-4-6-13;1-12-9-15-16-18(12)14-7-8-17(11-14)10-13-5-3-2-4-6-13/h2*2-6,9,14H,7-8,10-11H2,1H3. The van der Waals surface area contributed by atoms with Crippen LogP contribution in [0.15, 0.2) is 73.1 Å². The minimum absolute atomic E-state index is 0.481. The maximum atomic E-state index is 4.18. The van der Waals surface area contributed by atoms with Crippen LogP contribution in [-0.2, 0) is 13.1 Å². The lowest BCUT2D eigenvalue weighted by atomic mass is 10.2. The average molecular weight is 485 g/mol. The highest BCUT2D eigenvalue weighted by Gasteiger charge is 2.26. The quantitative estimate of drug-likeness (QED) is 0.411. The first kappa shape index (κ1) is 24.3. The van der Waals surface area contributed by atoms with Crippen LogP contribution < -0.4 is 0 Å². The fourth-order valence-electron chi connectivity index (χ4n) is 5.21. The summed E-state index contributed by atoms with van der Waals surface area (Å²) in [5.74, 6) is 0. The van der Waals surface area contributed by atoms with Crippen LogP contribution in [0.3, 0.4) is 0 Å². The molecule has 0 radical (unpaired) electrons. The van der Waals surface area contributed by atoms with Crippen molar-refractivity contribution < 1.29 is 0 Å². The summed E-state index contributed by atoms with van der Waals surface area (Å²) in [4.78, 5) is 4.97. The van der Waals surface area contributed by atoms with Crippen molar-refractivity contribution in [2.24, 2.45) is 0 Å². The third-order valence-corrected chi connectivity index (χ3v) is 7.09. The summed E-state index contributed by atoms with van der Waals surface area (Å²) >= 11 is 0. The molecule has 0 spiro atoms. The van der Waals surface area contributed by atoms with Gasteiger partial charge in [-0.2, -0.15) is 0 Å². The summed E-state index contributed by atoms with van der Waals surface area (Å²) in [6, 6.07) is 22.2. The van der Waals surface area contributed by atoms with Crippen molar-refractivity contribution in [2.75, 3.05) is 26.2 Å². The highest BCUT2D eigenvalue weighted by molar-refractivity contribution is 5.15. The van der Waals surface area contributed by atoms with E-state index in [1.165, 1.54) is 11.1 Å². The van der Waals surface area contributed by atoms with Gasteiger partial charge in [0, 0.05) is 45.5 Å². The average Bonchev–Trinajstić information content (AvgIpc) is 3.70. The smallest absolute Gasteiger partial charge is 0.0796 e. The first-order valence-corrected chi connectivity index (χ1v) is 12.9. The van der Waals surface area contributed by atoms with E-state index in [1.54, 1.807) is 0 Å². The van der Waals surface area contributed by atoms with Crippen molar-refractivity contribution in [3.63, 3.8) is 0 Å². The molecule has 2 fully saturated rings. The van der Waals surface area contributed by atoms with Crippen LogP contribution in [0, 0.1) is 13.8 Å². The minimum Gasteiger partial charge on any atom is -0.297 e. The van der Waals surface area contributed by atoms with E-state index in [0.29, 0.717) is 12.1 Å². The molecule has 0 N–H and O–H groups in total. The Kier molecular flexibility index (Phi) is 7.83. The van der Waals surface area contributed by atoms with Gasteiger partial charge in [-0.15, -0.1) is 10.2 Å². The van der Waals surface area contributed by atoms with E-state index in [-0.39, 0.29) is 0 Å². The predicted molar refractivity (Wildman–Crippen MR) is 140 cm³/mol. The summed E-state index contributed by atoms with van der Waals surface area (Å²) < 4.78 is 4.07. The zero-order chi connectivity index (χ0) is 24.7. The third-order valence-electron chi connectivity index (χ3n) is 7.09. The molecule has 2 aromatic heterocycles. The Morgan fingerprint density at radius 3 is 1.86 bits per heavy atom. The van der Waals surface area contributed by atoms with Crippen LogP contribution in [0.2, 0.25) is 0 Å². The second kappa shape index (κ2) is 11.6. The van der Waals surface area contributed by atoms with Crippen molar-refractivity contribution >= 4 is 0 Å². The van der Waals surface area contributed by atoms with Crippen LogP contribution in [0.5, 0.6) is 0 Å². The van der Waals surface area contributed by atoms with Gasteiger partial charge in [-0.05, 0) is 37.8 Å². The lowest BCUT2D eigenvalue weighted by Gasteiger charge is -2.16. The van der Waals surface area contributed by atoms with Gasteiger partial charge in [-0.3, -0.25) is 9.80 Å². The molecule has 2 aliphatic rings. The molecule has 0 saturated carbocycles. The van der Waals surface area contributed by atoms with Crippen LogP contribution in [0.1, 0.15) is 47.4 Å². The van der Waals surface area contributed by atoms with E-state index in [0.717, 1.165) is 63.5 Å². The number of rotatable bonds is 6. The van der Waals surface area contributed by atoms with E-state index in [9.17, 15) is 0 Å². The SMILES string of the molecule is Cc1cn(C2CCN(Cc3ccccc3)C2)nn1.Cc1cnnn1C1CCN(Cc2ccccc2)C1. The molecule has 4 heterocycles. The number of likely N-dealkylation sites (tertiary alicyclic amines) is 2. The van der Waals surface area contributed by atoms with E-state index in [2.05, 4.69) is 103 Å². The molecule has 0 bridgehead atoms. The largest absolute Gasteiger partial charge is 0.297 e. The lowest BCUT2D eigenvalue weighted by Crippen LogP contribution is -2.22. The lowest BCUT2D eigenvalue weighted by molar-refractivity contribution is 0.309. The summed E-state index contributed by atoms with van der Waals surface area (Å²) in [6.45, 7) is 10.5. The number of aryl methyl sites for hydroxylation is 2. The normalized spacial score (nSPS) is 20.4. The van der Waals surface area contributed by atoms with Crippen LogP contribution >= 0.6 is 0 Å². The van der Waals surface area contributed by atoms with Crippen molar-refractivity contribution in [2.45, 2.75) is 51.9 Å². The predicted octanol–water partition coefficient (Wildman–Crippen LogP) is 4.07. The van der Waals surface area contributed by atoms with Gasteiger partial charge in [0.2, 0.25) is 0 Å². The molecule has 2 aliphatic heterocycles. The van der Waals surface area contributed by atoms with E-state index in [1.807, 2.05) is 24.0 Å². The third kappa shape index (κ3) is 6.25. The fourth-order valence-corrected chi connectivity index (χ4v) is 5.21. The Balaban J connectivity index is 0.000000148. The Labute approximate surface area is 213 Å². The number of hydrogen-bond acceptors (Lipinski definition) is 6.